The molecule has 0 aliphatic carbocycles. The third-order valence-corrected chi connectivity index (χ3v) is 3.58. The number of H-pyrrole nitrogens is 1. The second kappa shape index (κ2) is 8.34. The molecule has 0 fully saturated rings. The van der Waals surface area contributed by atoms with E-state index in [4.69, 9.17) is 9.47 Å². The third-order valence-electron chi connectivity index (χ3n) is 3.58. The van der Waals surface area contributed by atoms with Crippen LogP contribution in [0.1, 0.15) is 57.7 Å². The normalized spacial score (nSPS) is 13.2. The summed E-state index contributed by atoms with van der Waals surface area (Å²) >= 11 is 0. The van der Waals surface area contributed by atoms with Crippen molar-refractivity contribution in [2.24, 2.45) is 0 Å². The molecule has 1 aromatic heterocycles. The topological polar surface area (TPSA) is 67.4 Å². The van der Waals surface area contributed by atoms with Crippen molar-refractivity contribution in [1.82, 2.24) is 9.97 Å². The molecule has 2 N–H and O–H groups in total. The van der Waals surface area contributed by atoms with Crippen LogP contribution in [0.25, 0.3) is 5.57 Å². The monoisotopic (exact) mass is 310 g/mol. The number of methoxy groups -OCH3 is 1. The number of nitrogens with zero attached hydrogens (tertiary/aromatic N) is 1. The van der Waals surface area contributed by atoms with E-state index in [-0.39, 0.29) is 0 Å². The second-order valence-corrected chi connectivity index (χ2v) is 6.20. The van der Waals surface area contributed by atoms with Crippen LogP contribution in [0.5, 0.6) is 0 Å². The zero-order valence-electron chi connectivity index (χ0n) is 14.7. The van der Waals surface area contributed by atoms with Crippen molar-refractivity contribution in [2.75, 3.05) is 20.3 Å². The zero-order chi connectivity index (χ0) is 16.8. The highest BCUT2D eigenvalue weighted by Gasteiger charge is 2.15. The van der Waals surface area contributed by atoms with Gasteiger partial charge >= 0.3 is 0 Å². The Balaban J connectivity index is 2.84. The number of imidazole rings is 1. The molecule has 126 valence electrons. The molecular weight excluding hydrogens is 280 g/mol. The molecule has 0 spiro atoms. The summed E-state index contributed by atoms with van der Waals surface area (Å²) < 4.78 is 11.0. The maximum absolute atomic E-state index is 9.76. The molecule has 1 heterocycles. The lowest BCUT2D eigenvalue weighted by Crippen LogP contribution is -2.20. The summed E-state index contributed by atoms with van der Waals surface area (Å²) in [5, 5.41) is 9.76. The smallest absolute Gasteiger partial charge is 0.109 e. The molecule has 0 aliphatic heterocycles. The van der Waals surface area contributed by atoms with Crippen molar-refractivity contribution < 1.29 is 14.6 Å². The summed E-state index contributed by atoms with van der Waals surface area (Å²) in [6.45, 7) is 10.9. The second-order valence-electron chi connectivity index (χ2n) is 6.20. The van der Waals surface area contributed by atoms with E-state index in [2.05, 4.69) is 16.9 Å². The van der Waals surface area contributed by atoms with Crippen LogP contribution in [0.3, 0.4) is 0 Å². The molecule has 1 aromatic rings. The van der Waals surface area contributed by atoms with Gasteiger partial charge in [0.25, 0.3) is 0 Å². The van der Waals surface area contributed by atoms with E-state index in [1.165, 1.54) is 0 Å². The Morgan fingerprint density at radius 3 is 2.55 bits per heavy atom. The van der Waals surface area contributed by atoms with Gasteiger partial charge in [-0.15, -0.1) is 0 Å². The molecule has 1 rings (SSSR count). The van der Waals surface area contributed by atoms with Crippen LogP contribution in [-0.2, 0) is 15.9 Å². The van der Waals surface area contributed by atoms with Crippen molar-refractivity contribution in [3.05, 3.63) is 23.0 Å². The van der Waals surface area contributed by atoms with Crippen LogP contribution in [0.15, 0.2) is 5.76 Å². The fraction of sp³-hybridized carbons (Fsp3) is 0.706. The highest BCUT2D eigenvalue weighted by Crippen LogP contribution is 2.23. The fourth-order valence-corrected chi connectivity index (χ4v) is 2.24. The van der Waals surface area contributed by atoms with Gasteiger partial charge in [0.2, 0.25) is 0 Å². The maximum atomic E-state index is 9.76. The minimum absolute atomic E-state index is 0.508. The van der Waals surface area contributed by atoms with Crippen molar-refractivity contribution in [2.45, 2.75) is 59.5 Å². The Hall–Kier alpha value is -1.33. The van der Waals surface area contributed by atoms with Gasteiger partial charge in [0.15, 0.2) is 0 Å². The van der Waals surface area contributed by atoms with Crippen LogP contribution >= 0.6 is 0 Å². The molecule has 0 atom stereocenters. The maximum Gasteiger partial charge on any atom is 0.109 e. The first-order valence-electron chi connectivity index (χ1n) is 7.88. The molecule has 0 aliphatic rings. The van der Waals surface area contributed by atoms with Gasteiger partial charge in [0, 0.05) is 31.9 Å². The summed E-state index contributed by atoms with van der Waals surface area (Å²) in [6, 6.07) is 0. The summed E-state index contributed by atoms with van der Waals surface area (Å²) in [5.74, 6) is 1.87. The zero-order valence-corrected chi connectivity index (χ0v) is 14.7. The Labute approximate surface area is 133 Å². The number of aromatic amines is 1. The van der Waals surface area contributed by atoms with E-state index in [1.54, 1.807) is 21.0 Å². The number of rotatable bonds is 9. The molecule has 0 aromatic carbocycles. The molecule has 0 saturated carbocycles. The van der Waals surface area contributed by atoms with E-state index >= 15 is 0 Å². The molecule has 0 radical (unpaired) electrons. The molecule has 22 heavy (non-hydrogen) atoms. The molecule has 0 bridgehead atoms. The van der Waals surface area contributed by atoms with Gasteiger partial charge in [-0.3, -0.25) is 0 Å². The molecule has 0 unspecified atom stereocenters. The van der Waals surface area contributed by atoms with Crippen LogP contribution in [0, 0.1) is 6.92 Å². The minimum atomic E-state index is -0.704. The predicted molar refractivity (Wildman–Crippen MR) is 88.7 cm³/mol. The van der Waals surface area contributed by atoms with Gasteiger partial charge in [0.05, 0.1) is 30.2 Å². The van der Waals surface area contributed by atoms with Gasteiger partial charge in [-0.2, -0.15) is 0 Å². The lowest BCUT2D eigenvalue weighted by Gasteiger charge is -2.19. The average Bonchev–Trinajstić information content (AvgIpc) is 2.80. The summed E-state index contributed by atoms with van der Waals surface area (Å²) in [4.78, 5) is 7.90. The van der Waals surface area contributed by atoms with Gasteiger partial charge in [-0.05, 0) is 27.7 Å². The first kappa shape index (κ1) is 18.7. The average molecular weight is 310 g/mol. The van der Waals surface area contributed by atoms with Crippen LogP contribution in [0.2, 0.25) is 0 Å². The molecule has 0 saturated heterocycles. The quantitative estimate of drug-likeness (QED) is 0.687. The fourth-order valence-electron chi connectivity index (χ4n) is 2.24. The first-order chi connectivity index (χ1) is 10.3. The summed E-state index contributed by atoms with van der Waals surface area (Å²) in [6.07, 6.45) is 2.18. The minimum Gasteiger partial charge on any atom is -0.497 e. The SMILES string of the molecule is CC/C(OCCC(C)(C)O)=C(\C)c1[nH]c(CCOC)nc1C. The Morgan fingerprint density at radius 2 is 2.00 bits per heavy atom. The number of aliphatic hydroxyl groups is 1. The Bertz CT molecular complexity index is 498. The number of aryl methyl sites for hydroxylation is 1. The van der Waals surface area contributed by atoms with E-state index in [1.807, 2.05) is 13.8 Å². The van der Waals surface area contributed by atoms with Crippen LogP contribution in [-0.4, -0.2) is 41.0 Å². The predicted octanol–water partition coefficient (Wildman–Crippen LogP) is 3.23. The van der Waals surface area contributed by atoms with Gasteiger partial charge < -0.3 is 19.6 Å². The van der Waals surface area contributed by atoms with Crippen molar-refractivity contribution in [3.8, 4) is 0 Å². The molecular formula is C17H30N2O3. The van der Waals surface area contributed by atoms with Gasteiger partial charge in [0.1, 0.15) is 11.6 Å². The molecule has 5 nitrogen and oxygen atoms in total. The molecule has 0 amide bonds. The van der Waals surface area contributed by atoms with Gasteiger partial charge in [-0.1, -0.05) is 6.92 Å². The van der Waals surface area contributed by atoms with Crippen molar-refractivity contribution >= 4 is 5.57 Å². The highest BCUT2D eigenvalue weighted by atomic mass is 16.5. The number of hydrogen-bond acceptors (Lipinski definition) is 4. The number of aromatic nitrogens is 2. The third kappa shape index (κ3) is 5.81. The van der Waals surface area contributed by atoms with Crippen molar-refractivity contribution in [1.29, 1.82) is 0 Å². The largest absolute Gasteiger partial charge is 0.497 e. The van der Waals surface area contributed by atoms with E-state index in [0.717, 1.165) is 41.4 Å². The van der Waals surface area contributed by atoms with Crippen LogP contribution < -0.4 is 0 Å². The van der Waals surface area contributed by atoms with E-state index in [9.17, 15) is 5.11 Å². The van der Waals surface area contributed by atoms with E-state index < -0.39 is 5.60 Å². The Morgan fingerprint density at radius 1 is 1.32 bits per heavy atom. The van der Waals surface area contributed by atoms with Crippen molar-refractivity contribution in [3.63, 3.8) is 0 Å². The highest BCUT2D eigenvalue weighted by molar-refractivity contribution is 5.64. The Kier molecular flexibility index (Phi) is 7.10. The lowest BCUT2D eigenvalue weighted by molar-refractivity contribution is 0.0431. The van der Waals surface area contributed by atoms with Crippen LogP contribution in [0.4, 0.5) is 0 Å². The standard InChI is InChI=1S/C17H30N2O3/c1-7-14(22-11-9-17(4,5)20)12(2)16-13(3)18-15(19-16)8-10-21-6/h20H,7-11H2,1-6H3,(H,18,19)/b14-12-. The first-order valence-corrected chi connectivity index (χ1v) is 7.88. The summed E-state index contributed by atoms with van der Waals surface area (Å²) in [5.41, 5.74) is 2.36. The number of nitrogens with one attached hydrogen (secondary N) is 1. The number of hydrogen-bond donors (Lipinski definition) is 2. The van der Waals surface area contributed by atoms with Gasteiger partial charge in [-0.25, -0.2) is 4.98 Å². The number of allylic oxidation sites excluding steroid dienone is 2. The number of ether oxygens (including phenoxy) is 2. The molecule has 5 heteroatoms. The van der Waals surface area contributed by atoms with E-state index in [0.29, 0.717) is 19.6 Å². The lowest BCUT2D eigenvalue weighted by atomic mass is 10.1. The summed E-state index contributed by atoms with van der Waals surface area (Å²) in [7, 11) is 1.69.